The minimum absolute atomic E-state index is 0.107. The zero-order valence-electron chi connectivity index (χ0n) is 14.3. The molecule has 4 rings (SSSR count). The molecule has 3 unspecified atom stereocenters. The van der Waals surface area contributed by atoms with Gasteiger partial charge < -0.3 is 0 Å². The molecule has 1 aliphatic carbocycles. The van der Waals surface area contributed by atoms with E-state index in [0.29, 0.717) is 17.9 Å². The van der Waals surface area contributed by atoms with Crippen LogP contribution in [0.3, 0.4) is 0 Å². The third-order valence-corrected chi connectivity index (χ3v) is 5.70. The predicted molar refractivity (Wildman–Crippen MR) is 98.2 cm³/mol. The molecule has 2 fully saturated rings. The number of ketones is 1. The predicted octanol–water partition coefficient (Wildman–Crippen LogP) is 4.94. The number of nitrogens with zero attached hydrogens (tertiary/aromatic N) is 1. The van der Waals surface area contributed by atoms with Crippen LogP contribution in [0.4, 0.5) is 0 Å². The third-order valence-electron chi connectivity index (χ3n) is 5.70. The molecule has 2 aliphatic rings. The Morgan fingerprint density at radius 1 is 0.875 bits per heavy atom. The molecule has 0 bridgehead atoms. The molecule has 1 aliphatic heterocycles. The number of carbonyl (C=O) groups is 1. The highest BCUT2D eigenvalue weighted by atomic mass is 16.1. The Bertz CT molecular complexity index is 701. The van der Waals surface area contributed by atoms with E-state index in [1.807, 2.05) is 30.3 Å². The van der Waals surface area contributed by atoms with E-state index in [-0.39, 0.29) is 6.04 Å². The highest BCUT2D eigenvalue weighted by Crippen LogP contribution is 2.38. The van der Waals surface area contributed by atoms with E-state index in [4.69, 9.17) is 0 Å². The van der Waals surface area contributed by atoms with Crippen LogP contribution < -0.4 is 0 Å². The van der Waals surface area contributed by atoms with Crippen molar-refractivity contribution in [2.45, 2.75) is 57.2 Å². The summed E-state index contributed by atoms with van der Waals surface area (Å²) in [6.07, 6.45) is 6.53. The number of carbonyl (C=O) groups excluding carboxylic acids is 1. The van der Waals surface area contributed by atoms with Crippen molar-refractivity contribution in [3.05, 3.63) is 60.2 Å². The van der Waals surface area contributed by atoms with Crippen molar-refractivity contribution < 1.29 is 4.79 Å². The first-order valence-electron chi connectivity index (χ1n) is 9.23. The summed E-state index contributed by atoms with van der Waals surface area (Å²) in [6, 6.07) is 19.6. The average Bonchev–Trinajstić information content (AvgIpc) is 3.33. The molecule has 2 heteroatoms. The van der Waals surface area contributed by atoms with Crippen LogP contribution in [0.5, 0.6) is 0 Å². The van der Waals surface area contributed by atoms with E-state index in [2.05, 4.69) is 36.1 Å². The van der Waals surface area contributed by atoms with E-state index < -0.39 is 0 Å². The molecule has 1 heterocycles. The van der Waals surface area contributed by atoms with Crippen molar-refractivity contribution in [3.8, 4) is 11.1 Å². The summed E-state index contributed by atoms with van der Waals surface area (Å²) >= 11 is 0. The molecule has 2 nitrogen and oxygen atoms in total. The maximum Gasteiger partial charge on any atom is 0.181 e. The first-order valence-corrected chi connectivity index (χ1v) is 9.23. The lowest BCUT2D eigenvalue weighted by Gasteiger charge is -2.23. The zero-order valence-corrected chi connectivity index (χ0v) is 14.3. The molecule has 0 spiro atoms. The van der Waals surface area contributed by atoms with Gasteiger partial charge in [0.15, 0.2) is 5.78 Å². The van der Waals surface area contributed by atoms with Crippen molar-refractivity contribution in [3.63, 3.8) is 0 Å². The summed E-state index contributed by atoms with van der Waals surface area (Å²) in [4.78, 5) is 15.3. The van der Waals surface area contributed by atoms with Crippen LogP contribution in [0.25, 0.3) is 11.1 Å². The molecule has 2 aromatic carbocycles. The first kappa shape index (κ1) is 15.6. The van der Waals surface area contributed by atoms with E-state index in [1.54, 1.807) is 0 Å². The second kappa shape index (κ2) is 6.52. The van der Waals surface area contributed by atoms with E-state index in [1.165, 1.54) is 43.2 Å². The second-order valence-electron chi connectivity index (χ2n) is 7.23. The molecule has 0 aromatic heterocycles. The van der Waals surface area contributed by atoms with Gasteiger partial charge in [-0.1, -0.05) is 73.9 Å². The maximum absolute atomic E-state index is 12.9. The largest absolute Gasteiger partial charge is 0.292 e. The van der Waals surface area contributed by atoms with Gasteiger partial charge in [-0.15, -0.1) is 0 Å². The number of benzene rings is 2. The van der Waals surface area contributed by atoms with Crippen LogP contribution in [0, 0.1) is 0 Å². The first-order chi connectivity index (χ1) is 11.8. The van der Waals surface area contributed by atoms with E-state index in [0.717, 1.165) is 5.56 Å². The summed E-state index contributed by atoms with van der Waals surface area (Å²) in [7, 11) is 0. The Balaban J connectivity index is 1.47. The smallest absolute Gasteiger partial charge is 0.181 e. The number of hydrogen-bond donors (Lipinski definition) is 0. The summed E-state index contributed by atoms with van der Waals surface area (Å²) in [5.41, 5.74) is 3.21. The van der Waals surface area contributed by atoms with Gasteiger partial charge in [-0.3, -0.25) is 9.69 Å². The van der Waals surface area contributed by atoms with Gasteiger partial charge in [0.05, 0.1) is 6.04 Å². The van der Waals surface area contributed by atoms with Crippen molar-refractivity contribution in [2.75, 3.05) is 0 Å². The van der Waals surface area contributed by atoms with Gasteiger partial charge >= 0.3 is 0 Å². The normalized spacial score (nSPS) is 27.0. The fourth-order valence-electron chi connectivity index (χ4n) is 4.29. The van der Waals surface area contributed by atoms with E-state index >= 15 is 0 Å². The standard InChI is InChI=1S/C22H25NO/c1-16-21(23(16)20-10-6-3-7-11-20)22(24)19-14-12-18(13-15-19)17-8-4-2-5-9-17/h2,4-5,8-9,12-16,20-21H,3,6-7,10-11H2,1H3. The fourth-order valence-corrected chi connectivity index (χ4v) is 4.29. The molecule has 1 saturated heterocycles. The number of hydrogen-bond acceptors (Lipinski definition) is 2. The summed E-state index contributed by atoms with van der Waals surface area (Å²) in [5, 5.41) is 0. The van der Waals surface area contributed by atoms with Crippen LogP contribution in [-0.4, -0.2) is 28.8 Å². The second-order valence-corrected chi connectivity index (χ2v) is 7.23. The molecule has 124 valence electrons. The Labute approximate surface area is 144 Å². The molecule has 0 N–H and O–H groups in total. The Morgan fingerprint density at radius 2 is 1.50 bits per heavy atom. The minimum Gasteiger partial charge on any atom is -0.292 e. The third kappa shape index (κ3) is 2.91. The summed E-state index contributed by atoms with van der Waals surface area (Å²) < 4.78 is 0. The Kier molecular flexibility index (Phi) is 4.24. The fraction of sp³-hybridized carbons (Fsp3) is 0.409. The zero-order chi connectivity index (χ0) is 16.5. The van der Waals surface area contributed by atoms with Crippen LogP contribution >= 0.6 is 0 Å². The quantitative estimate of drug-likeness (QED) is 0.587. The Hall–Kier alpha value is -1.93. The van der Waals surface area contributed by atoms with Gasteiger partial charge in [-0.2, -0.15) is 0 Å². The van der Waals surface area contributed by atoms with Crippen LogP contribution in [0.15, 0.2) is 54.6 Å². The Morgan fingerprint density at radius 3 is 2.17 bits per heavy atom. The van der Waals surface area contributed by atoms with Gasteiger partial charge in [-0.05, 0) is 30.9 Å². The lowest BCUT2D eigenvalue weighted by molar-refractivity contribution is 0.0963. The average molecular weight is 319 g/mol. The summed E-state index contributed by atoms with van der Waals surface area (Å²) in [5.74, 6) is 0.299. The van der Waals surface area contributed by atoms with E-state index in [9.17, 15) is 4.79 Å². The molecule has 0 amide bonds. The molecule has 1 saturated carbocycles. The molecule has 24 heavy (non-hydrogen) atoms. The number of rotatable bonds is 4. The van der Waals surface area contributed by atoms with Crippen molar-refractivity contribution in [1.29, 1.82) is 0 Å². The highest BCUT2D eigenvalue weighted by molar-refractivity contribution is 6.02. The molecular formula is C22H25NO. The van der Waals surface area contributed by atoms with Crippen LogP contribution in [-0.2, 0) is 0 Å². The van der Waals surface area contributed by atoms with Gasteiger partial charge in [0, 0.05) is 17.6 Å². The highest BCUT2D eigenvalue weighted by Gasteiger charge is 2.52. The molecule has 0 radical (unpaired) electrons. The number of Topliss-reactive ketones (excluding diaryl/α,β-unsaturated/α-hetero) is 1. The van der Waals surface area contributed by atoms with Crippen molar-refractivity contribution >= 4 is 5.78 Å². The summed E-state index contributed by atoms with van der Waals surface area (Å²) in [6.45, 7) is 2.20. The maximum atomic E-state index is 12.9. The molecular weight excluding hydrogens is 294 g/mol. The topological polar surface area (TPSA) is 20.1 Å². The van der Waals surface area contributed by atoms with Gasteiger partial charge in [0.25, 0.3) is 0 Å². The van der Waals surface area contributed by atoms with Crippen molar-refractivity contribution in [1.82, 2.24) is 4.90 Å². The van der Waals surface area contributed by atoms with Crippen LogP contribution in [0.1, 0.15) is 49.4 Å². The van der Waals surface area contributed by atoms with Gasteiger partial charge in [0.2, 0.25) is 0 Å². The SMILES string of the molecule is CC1C(C(=O)c2ccc(-c3ccccc3)cc2)N1C1CCCCC1. The lowest BCUT2D eigenvalue weighted by Crippen LogP contribution is -2.26. The monoisotopic (exact) mass is 319 g/mol. The lowest BCUT2D eigenvalue weighted by atomic mass is 9.95. The van der Waals surface area contributed by atoms with Gasteiger partial charge in [-0.25, -0.2) is 0 Å². The van der Waals surface area contributed by atoms with Crippen LogP contribution in [0.2, 0.25) is 0 Å². The minimum atomic E-state index is 0.107. The molecule has 3 atom stereocenters. The van der Waals surface area contributed by atoms with Gasteiger partial charge in [0.1, 0.15) is 0 Å². The molecule has 2 aromatic rings. The van der Waals surface area contributed by atoms with Crippen molar-refractivity contribution in [2.24, 2.45) is 0 Å².